The summed E-state index contributed by atoms with van der Waals surface area (Å²) in [5.74, 6) is 0.723. The number of aryl methyl sites for hydroxylation is 2. The van der Waals surface area contributed by atoms with E-state index in [0.717, 1.165) is 32.5 Å². The van der Waals surface area contributed by atoms with Crippen molar-refractivity contribution in [1.29, 1.82) is 0 Å². The van der Waals surface area contributed by atoms with E-state index in [0.29, 0.717) is 22.6 Å². The number of halogens is 3. The molecule has 2 rings (SSSR count). The molecule has 1 aromatic carbocycles. The summed E-state index contributed by atoms with van der Waals surface area (Å²) >= 11 is 0. The molecule has 4 nitrogen and oxygen atoms in total. The lowest BCUT2D eigenvalue weighted by atomic mass is 9.96. The van der Waals surface area contributed by atoms with Gasteiger partial charge in [0.05, 0.1) is 0 Å². The van der Waals surface area contributed by atoms with Gasteiger partial charge in [0, 0.05) is 18.7 Å². The number of carbonyl (C=O) groups is 1. The van der Waals surface area contributed by atoms with Gasteiger partial charge in [0.1, 0.15) is 5.75 Å². The van der Waals surface area contributed by atoms with Crippen molar-refractivity contribution in [2.24, 2.45) is 5.92 Å². The first-order chi connectivity index (χ1) is 10.9. The van der Waals surface area contributed by atoms with Crippen LogP contribution in [0.25, 0.3) is 0 Å². The summed E-state index contributed by atoms with van der Waals surface area (Å²) in [5.41, 5.74) is 1.64. The molecule has 1 aliphatic heterocycles. The van der Waals surface area contributed by atoms with Gasteiger partial charge in [-0.1, -0.05) is 0 Å². The molecule has 1 saturated heterocycles. The molecule has 0 radical (unpaired) electrons. The lowest BCUT2D eigenvalue weighted by Crippen LogP contribution is -2.40. The lowest BCUT2D eigenvalue weighted by molar-refractivity contribution is -0.0507. The number of amides is 1. The standard InChI is InChI=1S/C17H24F2N2O2.ClH/c1-11-8-14(9-12(2)15(11)23-17(18)19)16(22)21-6-4-13(5-7-21)10-20-3;/h8-9,13,17,20H,4-7,10H2,1-3H3;1H. The summed E-state index contributed by atoms with van der Waals surface area (Å²) < 4.78 is 29.4. The Morgan fingerprint density at radius 2 is 1.83 bits per heavy atom. The van der Waals surface area contributed by atoms with Gasteiger partial charge in [0.25, 0.3) is 5.91 Å². The van der Waals surface area contributed by atoms with Crippen LogP contribution in [-0.4, -0.2) is 44.1 Å². The second kappa shape index (κ2) is 9.18. The molecule has 0 unspecified atom stereocenters. The minimum atomic E-state index is -2.86. The Labute approximate surface area is 148 Å². The van der Waals surface area contributed by atoms with Gasteiger partial charge in [-0.25, -0.2) is 0 Å². The summed E-state index contributed by atoms with van der Waals surface area (Å²) in [6.07, 6.45) is 1.97. The van der Waals surface area contributed by atoms with Crippen molar-refractivity contribution in [3.63, 3.8) is 0 Å². The van der Waals surface area contributed by atoms with Crippen molar-refractivity contribution in [2.45, 2.75) is 33.3 Å². The maximum Gasteiger partial charge on any atom is 0.387 e. The van der Waals surface area contributed by atoms with E-state index in [1.807, 2.05) is 11.9 Å². The number of ether oxygens (including phenoxy) is 1. The number of hydrogen-bond donors (Lipinski definition) is 1. The van der Waals surface area contributed by atoms with E-state index in [4.69, 9.17) is 0 Å². The second-order valence-corrected chi connectivity index (χ2v) is 6.11. The van der Waals surface area contributed by atoms with Gasteiger partial charge in [-0.3, -0.25) is 4.79 Å². The highest BCUT2D eigenvalue weighted by Gasteiger charge is 2.24. The van der Waals surface area contributed by atoms with Crippen LogP contribution in [0.2, 0.25) is 0 Å². The minimum absolute atomic E-state index is 0. The van der Waals surface area contributed by atoms with Crippen LogP contribution >= 0.6 is 12.4 Å². The van der Waals surface area contributed by atoms with Gasteiger partial charge in [0.15, 0.2) is 0 Å². The minimum Gasteiger partial charge on any atom is -0.434 e. The van der Waals surface area contributed by atoms with E-state index in [1.165, 1.54) is 0 Å². The van der Waals surface area contributed by atoms with Crippen LogP contribution < -0.4 is 10.1 Å². The predicted octanol–water partition coefficient (Wildman–Crippen LogP) is 3.40. The second-order valence-electron chi connectivity index (χ2n) is 6.11. The molecule has 7 heteroatoms. The van der Waals surface area contributed by atoms with E-state index >= 15 is 0 Å². The Balaban J connectivity index is 0.00000288. The van der Waals surface area contributed by atoms with Crippen LogP contribution in [0.15, 0.2) is 12.1 Å². The molecule has 0 aliphatic carbocycles. The fourth-order valence-electron chi connectivity index (χ4n) is 3.16. The van der Waals surface area contributed by atoms with Gasteiger partial charge in [-0.2, -0.15) is 8.78 Å². The number of likely N-dealkylation sites (tertiary alicyclic amines) is 1. The van der Waals surface area contributed by atoms with Gasteiger partial charge in [-0.05, 0) is 69.5 Å². The molecule has 1 aromatic rings. The summed E-state index contributed by atoms with van der Waals surface area (Å²) in [6.45, 7) is 2.94. The topological polar surface area (TPSA) is 41.6 Å². The molecule has 1 N–H and O–H groups in total. The first-order valence-corrected chi connectivity index (χ1v) is 7.92. The SMILES string of the molecule is CNCC1CCN(C(=O)c2cc(C)c(OC(F)F)c(C)c2)CC1.Cl. The quantitative estimate of drug-likeness (QED) is 0.872. The highest BCUT2D eigenvalue weighted by molar-refractivity contribution is 5.95. The Kier molecular flexibility index (Phi) is 7.90. The number of nitrogens with zero attached hydrogens (tertiary/aromatic N) is 1. The van der Waals surface area contributed by atoms with Crippen molar-refractivity contribution < 1.29 is 18.3 Å². The maximum absolute atomic E-state index is 12.6. The van der Waals surface area contributed by atoms with E-state index < -0.39 is 6.61 Å². The molecule has 24 heavy (non-hydrogen) atoms. The summed E-state index contributed by atoms with van der Waals surface area (Å²) in [7, 11) is 1.94. The molecule has 0 atom stereocenters. The normalized spacial score (nSPS) is 15.3. The van der Waals surface area contributed by atoms with Crippen LogP contribution in [0, 0.1) is 19.8 Å². The molecule has 0 saturated carbocycles. The highest BCUT2D eigenvalue weighted by Crippen LogP contribution is 2.28. The Morgan fingerprint density at radius 3 is 2.29 bits per heavy atom. The summed E-state index contributed by atoms with van der Waals surface area (Å²) in [6, 6.07) is 3.26. The molecule has 1 heterocycles. The van der Waals surface area contributed by atoms with Gasteiger partial charge >= 0.3 is 6.61 Å². The number of alkyl halides is 2. The molecular formula is C17H25ClF2N2O2. The van der Waals surface area contributed by atoms with Crippen LogP contribution in [0.3, 0.4) is 0 Å². The number of benzene rings is 1. The zero-order chi connectivity index (χ0) is 17.0. The summed E-state index contributed by atoms with van der Waals surface area (Å²) in [4.78, 5) is 14.5. The molecule has 136 valence electrons. The highest BCUT2D eigenvalue weighted by atomic mass is 35.5. The third-order valence-electron chi connectivity index (χ3n) is 4.31. The lowest BCUT2D eigenvalue weighted by Gasteiger charge is -2.32. The van der Waals surface area contributed by atoms with Crippen LogP contribution in [0.1, 0.15) is 34.3 Å². The fraction of sp³-hybridized carbons (Fsp3) is 0.588. The zero-order valence-electron chi connectivity index (χ0n) is 14.3. The number of piperidine rings is 1. The first-order valence-electron chi connectivity index (χ1n) is 7.92. The zero-order valence-corrected chi connectivity index (χ0v) is 15.1. The van der Waals surface area contributed by atoms with Crippen LogP contribution in [0.4, 0.5) is 8.78 Å². The van der Waals surface area contributed by atoms with Crippen molar-refractivity contribution in [2.75, 3.05) is 26.7 Å². The van der Waals surface area contributed by atoms with E-state index in [9.17, 15) is 13.6 Å². The third-order valence-corrected chi connectivity index (χ3v) is 4.31. The van der Waals surface area contributed by atoms with Crippen molar-refractivity contribution in [3.05, 3.63) is 28.8 Å². The third kappa shape index (κ3) is 5.05. The molecule has 0 spiro atoms. The van der Waals surface area contributed by atoms with E-state index in [1.54, 1.807) is 26.0 Å². The number of carbonyl (C=O) groups excluding carboxylic acids is 1. The van der Waals surface area contributed by atoms with Crippen molar-refractivity contribution >= 4 is 18.3 Å². The van der Waals surface area contributed by atoms with Gasteiger partial charge < -0.3 is 15.0 Å². The molecule has 1 amide bonds. The molecular weight excluding hydrogens is 338 g/mol. The van der Waals surface area contributed by atoms with Crippen molar-refractivity contribution in [1.82, 2.24) is 10.2 Å². The van der Waals surface area contributed by atoms with Gasteiger partial charge in [0.2, 0.25) is 0 Å². The Bertz CT molecular complexity index is 539. The summed E-state index contributed by atoms with van der Waals surface area (Å²) in [5, 5.41) is 3.17. The number of hydrogen-bond acceptors (Lipinski definition) is 3. The average Bonchev–Trinajstić information content (AvgIpc) is 2.51. The van der Waals surface area contributed by atoms with E-state index in [2.05, 4.69) is 10.1 Å². The van der Waals surface area contributed by atoms with Crippen molar-refractivity contribution in [3.8, 4) is 5.75 Å². The smallest absolute Gasteiger partial charge is 0.387 e. The monoisotopic (exact) mass is 362 g/mol. The van der Waals surface area contributed by atoms with Crippen LogP contribution in [0.5, 0.6) is 5.75 Å². The molecule has 0 bridgehead atoms. The maximum atomic E-state index is 12.6. The van der Waals surface area contributed by atoms with Crippen LogP contribution in [-0.2, 0) is 0 Å². The largest absolute Gasteiger partial charge is 0.434 e. The van der Waals surface area contributed by atoms with E-state index in [-0.39, 0.29) is 24.1 Å². The predicted molar refractivity (Wildman–Crippen MR) is 92.4 cm³/mol. The van der Waals surface area contributed by atoms with Gasteiger partial charge in [-0.15, -0.1) is 12.4 Å². The molecule has 0 aromatic heterocycles. The number of nitrogens with one attached hydrogen (secondary N) is 1. The molecule has 1 aliphatic rings. The Morgan fingerprint density at radius 1 is 1.29 bits per heavy atom. The molecule has 1 fully saturated rings. The number of rotatable bonds is 5. The first kappa shape index (κ1) is 20.6. The average molecular weight is 363 g/mol. The Hall–Kier alpha value is -1.40. The fourth-order valence-corrected chi connectivity index (χ4v) is 3.16.